The van der Waals surface area contributed by atoms with E-state index in [9.17, 15) is 0 Å². The molecule has 0 aromatic heterocycles. The second kappa shape index (κ2) is 3.95. The molecule has 0 aromatic rings. The Labute approximate surface area is 47.0 Å². The SMILES string of the molecule is CCN(C=N)N=[N+]=[N-]. The fraction of sp³-hybridized carbons (Fsp3) is 0.667. The topological polar surface area (TPSA) is 75.9 Å². The average Bonchev–Trinajstić information content (AvgIpc) is 1.83. The molecule has 0 aliphatic heterocycles. The number of nitrogens with one attached hydrogen (secondary N) is 1. The van der Waals surface area contributed by atoms with Gasteiger partial charge in [0.1, 0.15) is 0 Å². The molecule has 0 bridgehead atoms. The highest BCUT2D eigenvalue weighted by Crippen LogP contribution is 1.80. The normalized spacial score (nSPS) is 7.12. The second-order valence-electron chi connectivity index (χ2n) is 1.06. The first-order valence-electron chi connectivity index (χ1n) is 2.17. The molecule has 0 rings (SSSR count). The van der Waals surface area contributed by atoms with E-state index in [1.807, 2.05) is 0 Å². The van der Waals surface area contributed by atoms with Crippen molar-refractivity contribution >= 4 is 6.34 Å². The summed E-state index contributed by atoms with van der Waals surface area (Å²) in [6.07, 6.45) is 0.972. The highest BCUT2D eigenvalue weighted by molar-refractivity contribution is 5.49. The number of nitrogens with zero attached hydrogens (tertiary/aromatic N) is 4. The highest BCUT2D eigenvalue weighted by Gasteiger charge is 1.89. The number of hydrogen-bond donors (Lipinski definition) is 1. The third-order valence-electron chi connectivity index (χ3n) is 0.628. The van der Waals surface area contributed by atoms with E-state index in [-0.39, 0.29) is 0 Å². The molecule has 0 aliphatic rings. The van der Waals surface area contributed by atoms with E-state index in [2.05, 4.69) is 10.1 Å². The summed E-state index contributed by atoms with van der Waals surface area (Å²) >= 11 is 0. The lowest BCUT2D eigenvalue weighted by Gasteiger charge is -1.98. The van der Waals surface area contributed by atoms with Gasteiger partial charge in [-0.05, 0) is 12.1 Å². The number of hydrogen-bond acceptors (Lipinski definition) is 2. The Hall–Kier alpha value is -1.22. The Morgan fingerprint density at radius 1 is 2.00 bits per heavy atom. The molecule has 0 saturated carbocycles. The van der Waals surface area contributed by atoms with Crippen molar-refractivity contribution < 1.29 is 0 Å². The van der Waals surface area contributed by atoms with Crippen LogP contribution in [0.5, 0.6) is 0 Å². The van der Waals surface area contributed by atoms with Gasteiger partial charge >= 0.3 is 0 Å². The van der Waals surface area contributed by atoms with Gasteiger partial charge in [0.05, 0.1) is 6.54 Å². The zero-order valence-corrected chi connectivity index (χ0v) is 4.57. The predicted molar refractivity (Wildman–Crippen MR) is 30.3 cm³/mol. The van der Waals surface area contributed by atoms with E-state index in [1.54, 1.807) is 6.92 Å². The summed E-state index contributed by atoms with van der Waals surface area (Å²) in [7, 11) is 0. The summed E-state index contributed by atoms with van der Waals surface area (Å²) in [6, 6.07) is 0. The van der Waals surface area contributed by atoms with Gasteiger partial charge in [0.25, 0.3) is 0 Å². The Morgan fingerprint density at radius 2 is 2.62 bits per heavy atom. The van der Waals surface area contributed by atoms with E-state index >= 15 is 0 Å². The molecule has 0 saturated heterocycles. The van der Waals surface area contributed by atoms with Crippen molar-refractivity contribution in [2.45, 2.75) is 6.92 Å². The minimum absolute atomic E-state index is 0.535. The van der Waals surface area contributed by atoms with Crippen LogP contribution in [0.4, 0.5) is 0 Å². The maximum atomic E-state index is 7.81. The van der Waals surface area contributed by atoms with Gasteiger partial charge in [0.2, 0.25) is 0 Å². The average molecular weight is 113 g/mol. The molecular weight excluding hydrogens is 106 g/mol. The lowest BCUT2D eigenvalue weighted by Crippen LogP contribution is -2.11. The molecule has 0 fully saturated rings. The van der Waals surface area contributed by atoms with Gasteiger partial charge in [-0.3, -0.25) is 5.41 Å². The van der Waals surface area contributed by atoms with Crippen molar-refractivity contribution in [2.24, 2.45) is 5.22 Å². The standard InChI is InChI=1S/C3H7N5/c1-2-8(3-4)7-6-5/h3-4H,2H2,1H3. The zero-order chi connectivity index (χ0) is 6.41. The zero-order valence-electron chi connectivity index (χ0n) is 4.57. The summed E-state index contributed by atoms with van der Waals surface area (Å²) in [5, 5.41) is 10.9. The summed E-state index contributed by atoms with van der Waals surface area (Å²) in [6.45, 7) is 2.33. The summed E-state index contributed by atoms with van der Waals surface area (Å²) in [5.74, 6) is 0. The molecule has 0 unspecified atom stereocenters. The molecule has 0 heterocycles. The van der Waals surface area contributed by atoms with Crippen molar-refractivity contribution in [3.05, 3.63) is 10.4 Å². The van der Waals surface area contributed by atoms with Crippen molar-refractivity contribution in [1.82, 2.24) is 5.01 Å². The molecule has 8 heavy (non-hydrogen) atoms. The van der Waals surface area contributed by atoms with Crippen LogP contribution in [-0.2, 0) is 0 Å². The van der Waals surface area contributed by atoms with Crippen LogP contribution in [0.2, 0.25) is 0 Å². The maximum Gasteiger partial charge on any atom is 0.178 e. The van der Waals surface area contributed by atoms with Gasteiger partial charge in [-0.25, -0.2) is 5.01 Å². The number of azide groups is 1. The van der Waals surface area contributed by atoms with Crippen LogP contribution < -0.4 is 0 Å². The third kappa shape index (κ3) is 2.04. The minimum atomic E-state index is 0.535. The molecule has 0 aliphatic carbocycles. The molecule has 1 N–H and O–H groups in total. The number of rotatable bonds is 3. The van der Waals surface area contributed by atoms with Gasteiger partial charge in [-0.1, -0.05) is 0 Å². The lowest BCUT2D eigenvalue weighted by molar-refractivity contribution is 0.474. The van der Waals surface area contributed by atoms with Gasteiger partial charge in [-0.15, -0.1) is 5.53 Å². The van der Waals surface area contributed by atoms with E-state index in [1.165, 1.54) is 5.01 Å². The molecule has 5 heteroatoms. The Kier molecular flexibility index (Phi) is 3.35. The maximum absolute atomic E-state index is 7.81. The molecule has 0 spiro atoms. The molecular formula is C3H7N5. The molecule has 5 nitrogen and oxygen atoms in total. The van der Waals surface area contributed by atoms with Crippen molar-refractivity contribution in [2.75, 3.05) is 6.54 Å². The Morgan fingerprint density at radius 3 is 2.75 bits per heavy atom. The van der Waals surface area contributed by atoms with Gasteiger partial charge in [0.15, 0.2) is 6.34 Å². The first-order valence-corrected chi connectivity index (χ1v) is 2.17. The Balaban J connectivity index is 3.69. The molecule has 0 aromatic carbocycles. The monoisotopic (exact) mass is 113 g/mol. The second-order valence-corrected chi connectivity index (χ2v) is 1.06. The van der Waals surface area contributed by atoms with Crippen molar-refractivity contribution in [1.29, 1.82) is 5.41 Å². The fourth-order valence-electron chi connectivity index (χ4n) is 0.232. The quantitative estimate of drug-likeness (QED) is 0.146. The minimum Gasteiger partial charge on any atom is -0.270 e. The Bertz CT molecular complexity index is 113. The van der Waals surface area contributed by atoms with Crippen LogP contribution in [0.15, 0.2) is 5.22 Å². The van der Waals surface area contributed by atoms with Crippen LogP contribution in [0.1, 0.15) is 6.92 Å². The fourth-order valence-corrected chi connectivity index (χ4v) is 0.232. The molecule has 0 amide bonds. The summed E-state index contributed by atoms with van der Waals surface area (Å²) < 4.78 is 0. The predicted octanol–water partition coefficient (Wildman–Crippen LogP) is 1.14. The van der Waals surface area contributed by atoms with E-state index in [0.717, 1.165) is 6.34 Å². The largest absolute Gasteiger partial charge is 0.270 e. The van der Waals surface area contributed by atoms with Gasteiger partial charge < -0.3 is 0 Å². The van der Waals surface area contributed by atoms with E-state index < -0.39 is 0 Å². The first-order chi connectivity index (χ1) is 3.85. The van der Waals surface area contributed by atoms with Gasteiger partial charge in [-0.2, -0.15) is 4.91 Å². The van der Waals surface area contributed by atoms with E-state index in [0.29, 0.717) is 6.54 Å². The first kappa shape index (κ1) is 6.78. The smallest absolute Gasteiger partial charge is 0.178 e. The van der Waals surface area contributed by atoms with Crippen LogP contribution in [-0.4, -0.2) is 17.9 Å². The highest BCUT2D eigenvalue weighted by atomic mass is 15.5. The van der Waals surface area contributed by atoms with Crippen LogP contribution >= 0.6 is 0 Å². The lowest BCUT2D eigenvalue weighted by atomic mass is 10.7. The summed E-state index contributed by atoms with van der Waals surface area (Å²) in [5.41, 5.74) is 7.81. The van der Waals surface area contributed by atoms with E-state index in [4.69, 9.17) is 10.9 Å². The van der Waals surface area contributed by atoms with Crippen LogP contribution in [0.25, 0.3) is 10.4 Å². The van der Waals surface area contributed by atoms with Crippen LogP contribution in [0.3, 0.4) is 0 Å². The van der Waals surface area contributed by atoms with Crippen LogP contribution in [0, 0.1) is 5.41 Å². The van der Waals surface area contributed by atoms with Gasteiger partial charge in [0, 0.05) is 0 Å². The van der Waals surface area contributed by atoms with Crippen molar-refractivity contribution in [3.8, 4) is 0 Å². The molecule has 0 radical (unpaired) electrons. The summed E-state index contributed by atoms with van der Waals surface area (Å²) in [4.78, 5) is 2.48. The van der Waals surface area contributed by atoms with Crippen molar-refractivity contribution in [3.63, 3.8) is 0 Å². The molecule has 0 atom stereocenters. The molecule has 44 valence electrons. The third-order valence-corrected chi connectivity index (χ3v) is 0.628.